The maximum atomic E-state index is 13.3. The Morgan fingerprint density at radius 3 is 2.77 bits per heavy atom. The molecule has 1 atom stereocenters. The lowest BCUT2D eigenvalue weighted by Crippen LogP contribution is -2.38. The number of nitrogens with one attached hydrogen (secondary N) is 1. The number of ketones is 1. The molecule has 11 heteroatoms. The first-order valence-corrected chi connectivity index (χ1v) is 14.7. The summed E-state index contributed by atoms with van der Waals surface area (Å²) in [7, 11) is 0. The number of hydrogen-bond acceptors (Lipinski definition) is 10. The van der Waals surface area contributed by atoms with Crippen molar-refractivity contribution in [2.24, 2.45) is 5.73 Å². The number of aromatic nitrogens is 2. The van der Waals surface area contributed by atoms with E-state index in [9.17, 15) is 14.9 Å². The van der Waals surface area contributed by atoms with Gasteiger partial charge in [0.25, 0.3) is 0 Å². The van der Waals surface area contributed by atoms with Crippen LogP contribution in [0.2, 0.25) is 0 Å². The molecule has 1 aliphatic heterocycles. The molecule has 204 valence electrons. The summed E-state index contributed by atoms with van der Waals surface area (Å²) in [5.74, 6) is 0.389. The summed E-state index contributed by atoms with van der Waals surface area (Å²) in [5, 5.41) is 22.1. The fourth-order valence-electron chi connectivity index (χ4n) is 4.96. The number of nitrogens with zero attached hydrogens (tertiary/aromatic N) is 4. The van der Waals surface area contributed by atoms with Crippen LogP contribution in [-0.4, -0.2) is 34.2 Å². The summed E-state index contributed by atoms with van der Waals surface area (Å²) >= 11 is 2.54. The van der Waals surface area contributed by atoms with Gasteiger partial charge in [0.15, 0.2) is 10.1 Å². The number of aryl methyl sites for hydroxylation is 1. The predicted octanol–water partition coefficient (Wildman–Crippen LogP) is 5.28. The van der Waals surface area contributed by atoms with Gasteiger partial charge in [0, 0.05) is 23.4 Å². The zero-order valence-corrected chi connectivity index (χ0v) is 23.8. The van der Waals surface area contributed by atoms with Crippen LogP contribution < -0.4 is 20.7 Å². The molecule has 9 nitrogen and oxygen atoms in total. The lowest BCUT2D eigenvalue weighted by Gasteiger charge is -2.38. The minimum Gasteiger partial charge on any atom is -0.494 e. The third kappa shape index (κ3) is 5.59. The Morgan fingerprint density at radius 2 is 2.05 bits per heavy atom. The van der Waals surface area contributed by atoms with Crippen LogP contribution in [0.15, 0.2) is 75.5 Å². The molecule has 0 fully saturated rings. The average molecular weight is 573 g/mol. The van der Waals surface area contributed by atoms with E-state index < -0.39 is 5.92 Å². The van der Waals surface area contributed by atoms with Crippen LogP contribution >= 0.6 is 23.1 Å². The van der Waals surface area contributed by atoms with Crippen LogP contribution in [-0.2, 0) is 9.59 Å². The zero-order chi connectivity index (χ0) is 28.2. The Bertz CT molecular complexity index is 1550. The van der Waals surface area contributed by atoms with E-state index in [0.29, 0.717) is 46.5 Å². The fourth-order valence-corrected chi connectivity index (χ4v) is 6.64. The number of benzene rings is 2. The van der Waals surface area contributed by atoms with Crippen molar-refractivity contribution in [3.8, 4) is 11.8 Å². The number of allylic oxidation sites excluding steroid dienone is 3. The van der Waals surface area contributed by atoms with Gasteiger partial charge in [-0.15, -0.1) is 10.2 Å². The number of Topliss-reactive ketones (excluding diaryl/α,β-unsaturated/α-hetero) is 1. The zero-order valence-electron chi connectivity index (χ0n) is 22.1. The number of anilines is 2. The molecule has 1 unspecified atom stereocenters. The second-order valence-corrected chi connectivity index (χ2v) is 11.6. The molecule has 2 aliphatic rings. The van der Waals surface area contributed by atoms with Gasteiger partial charge in [-0.2, -0.15) is 5.26 Å². The first kappa shape index (κ1) is 27.4. The van der Waals surface area contributed by atoms with Gasteiger partial charge in [-0.25, -0.2) is 0 Å². The van der Waals surface area contributed by atoms with Gasteiger partial charge in [-0.3, -0.25) is 14.5 Å². The molecule has 0 bridgehead atoms. The molecular formula is C29H28N6O3S2. The highest BCUT2D eigenvalue weighted by Crippen LogP contribution is 2.47. The number of nitrogens with two attached hydrogens (primary N) is 1. The molecule has 0 saturated heterocycles. The summed E-state index contributed by atoms with van der Waals surface area (Å²) in [6, 6.07) is 17.3. The van der Waals surface area contributed by atoms with E-state index in [0.717, 1.165) is 28.3 Å². The van der Waals surface area contributed by atoms with Crippen molar-refractivity contribution in [1.82, 2.24) is 10.2 Å². The third-order valence-electron chi connectivity index (χ3n) is 6.65. The van der Waals surface area contributed by atoms with E-state index in [-0.39, 0.29) is 23.3 Å². The number of thioether (sulfide) groups is 1. The normalized spacial score (nSPS) is 17.0. The second-order valence-electron chi connectivity index (χ2n) is 9.38. The molecule has 2 heterocycles. The number of rotatable bonds is 8. The second kappa shape index (κ2) is 11.9. The van der Waals surface area contributed by atoms with E-state index in [1.807, 2.05) is 62.4 Å². The van der Waals surface area contributed by atoms with E-state index in [1.54, 1.807) is 4.90 Å². The quantitative estimate of drug-likeness (QED) is 0.346. The Labute approximate surface area is 240 Å². The predicted molar refractivity (Wildman–Crippen MR) is 156 cm³/mol. The Kier molecular flexibility index (Phi) is 8.19. The first-order valence-electron chi connectivity index (χ1n) is 12.9. The van der Waals surface area contributed by atoms with Crippen LogP contribution in [0.5, 0.6) is 5.75 Å². The Hall–Kier alpha value is -4.14. The number of amides is 1. The topological polar surface area (TPSA) is 134 Å². The van der Waals surface area contributed by atoms with Crippen LogP contribution in [0.1, 0.15) is 43.2 Å². The largest absolute Gasteiger partial charge is 0.494 e. The molecule has 3 N–H and O–H groups in total. The maximum absolute atomic E-state index is 13.3. The Morgan fingerprint density at radius 1 is 1.25 bits per heavy atom. The van der Waals surface area contributed by atoms with E-state index in [2.05, 4.69) is 21.6 Å². The minimum absolute atomic E-state index is 0.00248. The molecule has 3 aromatic rings. The number of ether oxygens (including phenoxy) is 1. The molecule has 5 rings (SSSR count). The van der Waals surface area contributed by atoms with Crippen LogP contribution in [0.4, 0.5) is 10.8 Å². The number of carbonyl (C=O) groups is 2. The minimum atomic E-state index is -0.563. The molecule has 1 aromatic heterocycles. The lowest BCUT2D eigenvalue weighted by molar-refractivity contribution is -0.116. The third-order valence-corrected chi connectivity index (χ3v) is 8.70. The highest BCUT2D eigenvalue weighted by Gasteiger charge is 2.41. The van der Waals surface area contributed by atoms with Crippen molar-refractivity contribution in [1.29, 1.82) is 5.26 Å². The number of carbonyl (C=O) groups excluding carboxylic acids is 2. The van der Waals surface area contributed by atoms with Crippen molar-refractivity contribution in [3.63, 3.8) is 0 Å². The van der Waals surface area contributed by atoms with Crippen molar-refractivity contribution >= 4 is 45.6 Å². The molecule has 1 amide bonds. The van der Waals surface area contributed by atoms with Gasteiger partial charge in [0.05, 0.1) is 29.9 Å². The van der Waals surface area contributed by atoms with Crippen LogP contribution in [0.25, 0.3) is 0 Å². The summed E-state index contributed by atoms with van der Waals surface area (Å²) in [4.78, 5) is 27.5. The Balaban J connectivity index is 1.41. The average Bonchev–Trinajstić information content (AvgIpc) is 3.40. The van der Waals surface area contributed by atoms with Crippen LogP contribution in [0.3, 0.4) is 0 Å². The van der Waals surface area contributed by atoms with Crippen molar-refractivity contribution in [2.45, 2.75) is 43.4 Å². The maximum Gasteiger partial charge on any atom is 0.234 e. The van der Waals surface area contributed by atoms with Crippen molar-refractivity contribution < 1.29 is 14.3 Å². The molecule has 1 aliphatic carbocycles. The number of hydrogen-bond donors (Lipinski definition) is 2. The molecular weight excluding hydrogens is 544 g/mol. The molecule has 0 spiro atoms. The lowest BCUT2D eigenvalue weighted by atomic mass is 9.76. The van der Waals surface area contributed by atoms with Gasteiger partial charge in [0.1, 0.15) is 11.6 Å². The highest BCUT2D eigenvalue weighted by atomic mass is 32.2. The summed E-state index contributed by atoms with van der Waals surface area (Å²) in [5.41, 5.74) is 10.8. The first-order chi connectivity index (χ1) is 19.4. The van der Waals surface area contributed by atoms with Gasteiger partial charge in [-0.05, 0) is 62.1 Å². The summed E-state index contributed by atoms with van der Waals surface area (Å²) in [6.45, 7) is 4.42. The smallest absolute Gasteiger partial charge is 0.234 e. The van der Waals surface area contributed by atoms with Gasteiger partial charge in [-0.1, -0.05) is 47.4 Å². The molecule has 40 heavy (non-hydrogen) atoms. The fraction of sp³-hybridized carbons (Fsp3) is 0.276. The van der Waals surface area contributed by atoms with Gasteiger partial charge >= 0.3 is 0 Å². The van der Waals surface area contributed by atoms with E-state index in [1.165, 1.54) is 23.1 Å². The molecule has 0 radical (unpaired) electrons. The van der Waals surface area contributed by atoms with Crippen LogP contribution in [0, 0.1) is 18.3 Å². The van der Waals surface area contributed by atoms with Crippen molar-refractivity contribution in [2.75, 3.05) is 22.6 Å². The highest BCUT2D eigenvalue weighted by molar-refractivity contribution is 8.01. The van der Waals surface area contributed by atoms with Crippen molar-refractivity contribution in [3.05, 3.63) is 82.3 Å². The van der Waals surface area contributed by atoms with Gasteiger partial charge in [0.2, 0.25) is 11.0 Å². The summed E-state index contributed by atoms with van der Waals surface area (Å²) < 4.78 is 6.15. The standard InChI is InChI=1S/C29H28N6O3S2/c1-3-38-20-12-10-18(11-13-20)25-21(15-30)27(31)35(22-8-5-9-23(36)26(22)25)28-33-34-29(40-28)39-16-24(37)32-19-7-4-6-17(2)14-19/h4,6-7,10-14,25H,3,5,8-9,16,31H2,1-2H3,(H,32,37). The van der Waals surface area contributed by atoms with E-state index >= 15 is 0 Å². The SMILES string of the molecule is CCOc1ccc(C2C(C#N)=C(N)N(c3nnc(SCC(=O)Nc4cccc(C)c4)s3)C3=C2C(=O)CCC3)cc1. The summed E-state index contributed by atoms with van der Waals surface area (Å²) in [6.07, 6.45) is 1.71. The monoisotopic (exact) mass is 572 g/mol. The van der Waals surface area contributed by atoms with E-state index in [4.69, 9.17) is 10.5 Å². The molecule has 2 aromatic carbocycles. The van der Waals surface area contributed by atoms with Gasteiger partial charge < -0.3 is 15.8 Å². The number of nitriles is 1. The molecule has 0 saturated carbocycles.